The van der Waals surface area contributed by atoms with Crippen molar-refractivity contribution in [2.45, 2.75) is 10.8 Å². The second-order valence-electron chi connectivity index (χ2n) is 18.7. The zero-order valence-corrected chi connectivity index (χ0v) is 38.3. The van der Waals surface area contributed by atoms with E-state index >= 15 is 0 Å². The Morgan fingerprint density at radius 3 is 1.33 bits per heavy atom. The van der Waals surface area contributed by atoms with Crippen molar-refractivity contribution < 1.29 is 4.42 Å². The van der Waals surface area contributed by atoms with Crippen molar-refractivity contribution in [2.75, 3.05) is 4.90 Å². The van der Waals surface area contributed by atoms with Crippen LogP contribution in [-0.4, -0.2) is 0 Å². The van der Waals surface area contributed by atoms with Crippen molar-refractivity contribution in [3.05, 3.63) is 318 Å². The number of benzene rings is 11. The Kier molecular flexibility index (Phi) is 9.06. The third-order valence-electron chi connectivity index (χ3n) is 15.3. The molecule has 0 amide bonds. The average Bonchev–Trinajstić information content (AvgIpc) is 4.13. The van der Waals surface area contributed by atoms with Gasteiger partial charge in [-0.1, -0.05) is 218 Å². The Bertz CT molecular complexity index is 3870. The van der Waals surface area contributed by atoms with Crippen LogP contribution in [0.3, 0.4) is 0 Å². The summed E-state index contributed by atoms with van der Waals surface area (Å²) in [5.41, 5.74) is 20.7. The molecule has 70 heavy (non-hydrogen) atoms. The van der Waals surface area contributed by atoms with Gasteiger partial charge in [-0.2, -0.15) is 0 Å². The molecule has 2 heteroatoms. The lowest BCUT2D eigenvalue weighted by molar-refractivity contribution is 0.616. The summed E-state index contributed by atoms with van der Waals surface area (Å²) in [5.74, 6) is 0. The summed E-state index contributed by atoms with van der Waals surface area (Å²) in [7, 11) is 0. The fraction of sp³-hybridized carbons (Fsp3) is 0.0294. The smallest absolute Gasteiger partial charge is 0.133 e. The van der Waals surface area contributed by atoms with Gasteiger partial charge in [0, 0.05) is 22.1 Å². The Labute approximate surface area is 408 Å². The molecule has 0 unspecified atom stereocenters. The molecule has 0 bridgehead atoms. The van der Waals surface area contributed by atoms with E-state index in [1.807, 2.05) is 0 Å². The van der Waals surface area contributed by atoms with E-state index < -0.39 is 10.8 Å². The van der Waals surface area contributed by atoms with Gasteiger partial charge < -0.3 is 9.32 Å². The molecule has 2 aliphatic carbocycles. The highest BCUT2D eigenvalue weighted by molar-refractivity contribution is 6.07. The van der Waals surface area contributed by atoms with Gasteiger partial charge in [0.05, 0.1) is 22.8 Å². The molecule has 11 aromatic carbocycles. The van der Waals surface area contributed by atoms with Crippen molar-refractivity contribution in [2.24, 2.45) is 0 Å². The Hall–Kier alpha value is -8.98. The minimum absolute atomic E-state index is 0.495. The lowest BCUT2D eigenvalue weighted by Gasteiger charge is -2.35. The summed E-state index contributed by atoms with van der Waals surface area (Å²) in [6.45, 7) is 0. The first kappa shape index (κ1) is 40.1. The second-order valence-corrected chi connectivity index (χ2v) is 18.7. The molecule has 1 heterocycles. The molecule has 12 aromatic rings. The molecule has 1 aromatic heterocycles. The monoisotopic (exact) mass is 891 g/mol. The predicted octanol–water partition coefficient (Wildman–Crippen LogP) is 17.4. The zero-order chi connectivity index (χ0) is 46.2. The number of rotatable bonds is 8. The molecule has 0 saturated heterocycles. The quantitative estimate of drug-likeness (QED) is 0.151. The van der Waals surface area contributed by atoms with Gasteiger partial charge in [-0.25, -0.2) is 0 Å². The maximum absolute atomic E-state index is 5.93. The van der Waals surface area contributed by atoms with Crippen molar-refractivity contribution in [1.29, 1.82) is 0 Å². The summed E-state index contributed by atoms with van der Waals surface area (Å²) in [6, 6.07) is 98.8. The number of hydrogen-bond acceptors (Lipinski definition) is 2. The van der Waals surface area contributed by atoms with Gasteiger partial charge in [0.1, 0.15) is 5.58 Å². The second kappa shape index (κ2) is 15.8. The van der Waals surface area contributed by atoms with Crippen molar-refractivity contribution >= 4 is 38.8 Å². The number of furan rings is 1. The highest BCUT2D eigenvalue weighted by Crippen LogP contribution is 2.59. The Balaban J connectivity index is 0.996. The summed E-state index contributed by atoms with van der Waals surface area (Å²) in [5, 5.41) is 3.40. The molecule has 0 saturated carbocycles. The Morgan fingerprint density at radius 2 is 0.743 bits per heavy atom. The number of anilines is 3. The van der Waals surface area contributed by atoms with Crippen LogP contribution in [0.5, 0.6) is 0 Å². The number of nitrogens with zero attached hydrogens (tertiary/aromatic N) is 1. The van der Waals surface area contributed by atoms with Gasteiger partial charge in [-0.05, 0) is 132 Å². The first-order chi connectivity index (χ1) is 34.7. The van der Waals surface area contributed by atoms with Crippen molar-refractivity contribution in [3.63, 3.8) is 0 Å². The largest absolute Gasteiger partial charge is 0.464 e. The maximum Gasteiger partial charge on any atom is 0.133 e. The normalized spacial score (nSPS) is 13.7. The van der Waals surface area contributed by atoms with E-state index in [1.54, 1.807) is 6.26 Å². The third kappa shape index (κ3) is 5.74. The Morgan fingerprint density at radius 1 is 0.300 bits per heavy atom. The van der Waals surface area contributed by atoms with Crippen LogP contribution in [0.4, 0.5) is 17.1 Å². The summed E-state index contributed by atoms with van der Waals surface area (Å²) in [4.78, 5) is 2.46. The highest BCUT2D eigenvalue weighted by atomic mass is 16.3. The van der Waals surface area contributed by atoms with Crippen LogP contribution < -0.4 is 4.90 Å². The summed E-state index contributed by atoms with van der Waals surface area (Å²) >= 11 is 0. The molecule has 2 aliphatic rings. The van der Waals surface area contributed by atoms with E-state index in [9.17, 15) is 0 Å². The molecule has 0 radical (unpaired) electrons. The predicted molar refractivity (Wildman–Crippen MR) is 288 cm³/mol. The summed E-state index contributed by atoms with van der Waals surface area (Å²) < 4.78 is 5.93. The standard InChI is InChI=1S/C68H45NO/c1-5-19-48(20-6-1)67(49-21-7-2-8-22-49)61-31-17-15-28-56(61)58-36-33-46(44-63(58)67)54-38-39-65(60-30-14-13-27-55(54)60)69(52-35-40-66-47(43-52)41-42-70-66)53-34-37-59-57-29-16-18-32-62(57)68(64(59)45-53,50-23-9-3-10-24-50)51-25-11-4-12-26-51/h1-45H. The molecule has 328 valence electrons. The molecular formula is C68H45NO. The van der Waals surface area contributed by atoms with Crippen LogP contribution in [0.2, 0.25) is 0 Å². The third-order valence-corrected chi connectivity index (χ3v) is 15.3. The topological polar surface area (TPSA) is 16.4 Å². The molecule has 0 N–H and O–H groups in total. The minimum Gasteiger partial charge on any atom is -0.464 e. The number of hydrogen-bond donors (Lipinski definition) is 0. The summed E-state index contributed by atoms with van der Waals surface area (Å²) in [6.07, 6.45) is 1.78. The van der Waals surface area contributed by atoms with E-state index in [0.29, 0.717) is 0 Å². The fourth-order valence-electron chi connectivity index (χ4n) is 12.4. The molecule has 0 spiro atoms. The first-order valence-corrected chi connectivity index (χ1v) is 24.2. The van der Waals surface area contributed by atoms with E-state index in [2.05, 4.69) is 272 Å². The highest BCUT2D eigenvalue weighted by Gasteiger charge is 2.47. The lowest BCUT2D eigenvalue weighted by atomic mass is 9.67. The van der Waals surface area contributed by atoms with E-state index in [1.165, 1.54) is 83.3 Å². The average molecular weight is 892 g/mol. The van der Waals surface area contributed by atoms with Gasteiger partial charge in [0.2, 0.25) is 0 Å². The van der Waals surface area contributed by atoms with Crippen LogP contribution in [-0.2, 0) is 10.8 Å². The van der Waals surface area contributed by atoms with Crippen LogP contribution >= 0.6 is 0 Å². The first-order valence-electron chi connectivity index (χ1n) is 24.2. The van der Waals surface area contributed by atoms with Crippen LogP contribution in [0.25, 0.3) is 55.1 Å². The minimum atomic E-state index is -0.543. The zero-order valence-electron chi connectivity index (χ0n) is 38.3. The maximum atomic E-state index is 5.93. The molecular weight excluding hydrogens is 847 g/mol. The van der Waals surface area contributed by atoms with Crippen LogP contribution in [0, 0.1) is 0 Å². The molecule has 0 fully saturated rings. The molecule has 0 aliphatic heterocycles. The van der Waals surface area contributed by atoms with Crippen molar-refractivity contribution in [1.82, 2.24) is 0 Å². The van der Waals surface area contributed by atoms with Gasteiger partial charge >= 0.3 is 0 Å². The molecule has 0 atom stereocenters. The van der Waals surface area contributed by atoms with Gasteiger partial charge in [-0.15, -0.1) is 0 Å². The van der Waals surface area contributed by atoms with E-state index in [0.717, 1.165) is 33.4 Å². The van der Waals surface area contributed by atoms with Gasteiger partial charge in [0.15, 0.2) is 0 Å². The van der Waals surface area contributed by atoms with E-state index in [4.69, 9.17) is 4.42 Å². The lowest BCUT2D eigenvalue weighted by Crippen LogP contribution is -2.28. The van der Waals surface area contributed by atoms with Crippen LogP contribution in [0.15, 0.2) is 278 Å². The van der Waals surface area contributed by atoms with E-state index in [-0.39, 0.29) is 0 Å². The molecule has 14 rings (SSSR count). The fourth-order valence-corrected chi connectivity index (χ4v) is 12.4. The number of fused-ring (bicyclic) bond motifs is 8. The van der Waals surface area contributed by atoms with Crippen LogP contribution in [0.1, 0.15) is 44.5 Å². The van der Waals surface area contributed by atoms with Gasteiger partial charge in [-0.3, -0.25) is 0 Å². The molecule has 2 nitrogen and oxygen atoms in total. The van der Waals surface area contributed by atoms with Crippen molar-refractivity contribution in [3.8, 4) is 33.4 Å². The van der Waals surface area contributed by atoms with Gasteiger partial charge in [0.25, 0.3) is 0 Å². The SMILES string of the molecule is c1ccc(C2(c3ccccc3)c3ccccc3-c3ccc(-c4ccc(N(c5ccc6c(c5)C(c5ccccc5)(c5ccccc5)c5ccccc5-6)c5ccc6occc6c5)c5ccccc45)cc32)cc1.